The number of hydrogen-bond acceptors (Lipinski definition) is 2. The fourth-order valence-corrected chi connectivity index (χ4v) is 2.63. The Hall–Kier alpha value is -0.740. The van der Waals surface area contributed by atoms with Gasteiger partial charge in [0.2, 0.25) is 0 Å². The van der Waals surface area contributed by atoms with Crippen LogP contribution in [0.4, 0.5) is 0 Å². The molecule has 0 radical (unpaired) electrons. The van der Waals surface area contributed by atoms with Crippen molar-refractivity contribution < 1.29 is 4.74 Å². The van der Waals surface area contributed by atoms with E-state index in [1.54, 1.807) is 12.1 Å². The zero-order valence-corrected chi connectivity index (χ0v) is 14.0. The summed E-state index contributed by atoms with van der Waals surface area (Å²) in [5.41, 5.74) is 0.998. The van der Waals surface area contributed by atoms with Crippen molar-refractivity contribution in [3.63, 3.8) is 0 Å². The van der Waals surface area contributed by atoms with E-state index < -0.39 is 0 Å². The van der Waals surface area contributed by atoms with Gasteiger partial charge in [-0.1, -0.05) is 46.1 Å². The van der Waals surface area contributed by atoms with Gasteiger partial charge in [0.15, 0.2) is 0 Å². The van der Waals surface area contributed by atoms with Gasteiger partial charge in [-0.05, 0) is 42.9 Å². The molecule has 1 N–H and O–H groups in total. The molecule has 0 saturated carbocycles. The van der Waals surface area contributed by atoms with Crippen LogP contribution in [0.15, 0.2) is 40.9 Å². The smallest absolute Gasteiger partial charge is 0.146 e. The highest BCUT2D eigenvalue weighted by Crippen LogP contribution is 2.34. The predicted octanol–water partition coefficient (Wildman–Crippen LogP) is 5.66. The minimum Gasteiger partial charge on any atom is -0.455 e. The van der Waals surface area contributed by atoms with E-state index in [0.29, 0.717) is 22.3 Å². The van der Waals surface area contributed by atoms with Crippen molar-refractivity contribution in [3.05, 3.63) is 56.5 Å². The van der Waals surface area contributed by atoms with Crippen molar-refractivity contribution in [2.75, 3.05) is 6.54 Å². The van der Waals surface area contributed by atoms with Crippen molar-refractivity contribution in [3.8, 4) is 11.5 Å². The summed E-state index contributed by atoms with van der Waals surface area (Å²) in [4.78, 5) is 0. The standard InChI is InChI=1S/C15H14BrCl2NO/c1-2-19-9-10-7-12(17)4-6-14(10)20-15-5-3-11(16)8-13(15)18/h3-8,19H,2,9H2,1H3. The lowest BCUT2D eigenvalue weighted by molar-refractivity contribution is 0.473. The maximum Gasteiger partial charge on any atom is 0.146 e. The molecule has 2 nitrogen and oxygen atoms in total. The van der Waals surface area contributed by atoms with E-state index in [4.69, 9.17) is 27.9 Å². The van der Waals surface area contributed by atoms with Crippen LogP contribution in [0.1, 0.15) is 12.5 Å². The molecule has 0 saturated heterocycles. The minimum absolute atomic E-state index is 0.559. The second-order valence-electron chi connectivity index (χ2n) is 4.21. The van der Waals surface area contributed by atoms with Gasteiger partial charge in [-0.3, -0.25) is 0 Å². The molecule has 0 spiro atoms. The van der Waals surface area contributed by atoms with Gasteiger partial charge in [0.05, 0.1) is 5.02 Å². The average molecular weight is 375 g/mol. The number of halogens is 3. The van der Waals surface area contributed by atoms with Crippen LogP contribution in [0.2, 0.25) is 10.0 Å². The van der Waals surface area contributed by atoms with Crippen molar-refractivity contribution in [2.45, 2.75) is 13.5 Å². The molecule has 0 unspecified atom stereocenters. The maximum absolute atomic E-state index is 6.17. The van der Waals surface area contributed by atoms with Gasteiger partial charge in [0.25, 0.3) is 0 Å². The number of rotatable bonds is 5. The van der Waals surface area contributed by atoms with Crippen molar-refractivity contribution >= 4 is 39.1 Å². The fourth-order valence-electron chi connectivity index (χ4n) is 1.72. The Kier molecular flexibility index (Phi) is 5.73. The number of nitrogens with one attached hydrogen (secondary N) is 1. The molecule has 2 aromatic rings. The lowest BCUT2D eigenvalue weighted by atomic mass is 10.2. The van der Waals surface area contributed by atoms with Crippen LogP contribution in [0, 0.1) is 0 Å². The second-order valence-corrected chi connectivity index (χ2v) is 5.97. The van der Waals surface area contributed by atoms with Crippen LogP contribution < -0.4 is 10.1 Å². The highest BCUT2D eigenvalue weighted by molar-refractivity contribution is 9.10. The topological polar surface area (TPSA) is 21.3 Å². The fraction of sp³-hybridized carbons (Fsp3) is 0.200. The number of ether oxygens (including phenoxy) is 1. The Balaban J connectivity index is 2.27. The van der Waals surface area contributed by atoms with Gasteiger partial charge >= 0.3 is 0 Å². The molecule has 0 amide bonds. The van der Waals surface area contributed by atoms with Gasteiger partial charge in [-0.25, -0.2) is 0 Å². The number of benzene rings is 2. The first kappa shape index (κ1) is 15.6. The summed E-state index contributed by atoms with van der Waals surface area (Å²) in [6.07, 6.45) is 0. The van der Waals surface area contributed by atoms with Gasteiger partial charge in [0, 0.05) is 21.6 Å². The molecule has 0 atom stereocenters. The van der Waals surface area contributed by atoms with Gasteiger partial charge in [0.1, 0.15) is 11.5 Å². The van der Waals surface area contributed by atoms with E-state index in [2.05, 4.69) is 28.2 Å². The quantitative estimate of drug-likeness (QED) is 0.729. The molecule has 2 rings (SSSR count). The maximum atomic E-state index is 6.17. The SMILES string of the molecule is CCNCc1cc(Cl)ccc1Oc1ccc(Br)cc1Cl. The summed E-state index contributed by atoms with van der Waals surface area (Å²) in [7, 11) is 0. The highest BCUT2D eigenvalue weighted by atomic mass is 79.9. The summed E-state index contributed by atoms with van der Waals surface area (Å²) < 4.78 is 6.81. The molecule has 0 aromatic heterocycles. The van der Waals surface area contributed by atoms with Crippen molar-refractivity contribution in [1.29, 1.82) is 0 Å². The Morgan fingerprint density at radius 1 is 1.10 bits per heavy atom. The third-order valence-corrected chi connectivity index (χ3v) is 3.73. The van der Waals surface area contributed by atoms with E-state index in [1.165, 1.54) is 0 Å². The molecule has 2 aromatic carbocycles. The zero-order valence-electron chi connectivity index (χ0n) is 10.9. The van der Waals surface area contributed by atoms with Gasteiger partial charge in [-0.2, -0.15) is 0 Å². The summed E-state index contributed by atoms with van der Waals surface area (Å²) in [6, 6.07) is 11.1. The first-order chi connectivity index (χ1) is 9.60. The van der Waals surface area contributed by atoms with Crippen LogP contribution in [0.3, 0.4) is 0 Å². The number of hydrogen-bond donors (Lipinski definition) is 1. The third kappa shape index (κ3) is 4.13. The summed E-state index contributed by atoms with van der Waals surface area (Å²) >= 11 is 15.6. The van der Waals surface area contributed by atoms with Crippen molar-refractivity contribution in [1.82, 2.24) is 5.32 Å². The van der Waals surface area contributed by atoms with E-state index in [0.717, 1.165) is 22.3 Å². The van der Waals surface area contributed by atoms with E-state index >= 15 is 0 Å². The third-order valence-electron chi connectivity index (χ3n) is 2.70. The largest absolute Gasteiger partial charge is 0.455 e. The van der Waals surface area contributed by atoms with E-state index in [1.807, 2.05) is 24.3 Å². The lowest BCUT2D eigenvalue weighted by Crippen LogP contribution is -2.12. The molecule has 20 heavy (non-hydrogen) atoms. The Labute approximate surface area is 137 Å². The van der Waals surface area contributed by atoms with Crippen LogP contribution in [0.5, 0.6) is 11.5 Å². The molecular formula is C15H14BrCl2NO. The Morgan fingerprint density at radius 2 is 1.85 bits per heavy atom. The molecule has 0 heterocycles. The summed E-state index contributed by atoms with van der Waals surface area (Å²) in [5.74, 6) is 1.37. The summed E-state index contributed by atoms with van der Waals surface area (Å²) in [5, 5.41) is 4.51. The van der Waals surface area contributed by atoms with Gasteiger partial charge in [-0.15, -0.1) is 0 Å². The molecule has 0 aliphatic heterocycles. The van der Waals surface area contributed by atoms with Crippen LogP contribution in [-0.4, -0.2) is 6.54 Å². The lowest BCUT2D eigenvalue weighted by Gasteiger charge is -2.13. The molecule has 0 aliphatic rings. The first-order valence-electron chi connectivity index (χ1n) is 6.22. The monoisotopic (exact) mass is 373 g/mol. The average Bonchev–Trinajstić information content (AvgIpc) is 2.41. The molecule has 0 bridgehead atoms. The zero-order chi connectivity index (χ0) is 14.5. The molecule has 5 heteroatoms. The van der Waals surface area contributed by atoms with Gasteiger partial charge < -0.3 is 10.1 Å². The van der Waals surface area contributed by atoms with Crippen LogP contribution in [-0.2, 0) is 6.54 Å². The van der Waals surface area contributed by atoms with Crippen molar-refractivity contribution in [2.24, 2.45) is 0 Å². The van der Waals surface area contributed by atoms with Crippen LogP contribution in [0.25, 0.3) is 0 Å². The van der Waals surface area contributed by atoms with E-state index in [-0.39, 0.29) is 0 Å². The second kappa shape index (κ2) is 7.32. The predicted molar refractivity (Wildman–Crippen MR) is 88.1 cm³/mol. The molecule has 0 aliphatic carbocycles. The normalized spacial score (nSPS) is 10.6. The summed E-state index contributed by atoms with van der Waals surface area (Å²) in [6.45, 7) is 3.63. The first-order valence-corrected chi connectivity index (χ1v) is 7.77. The molecular weight excluding hydrogens is 361 g/mol. The van der Waals surface area contributed by atoms with Crippen LogP contribution >= 0.6 is 39.1 Å². The minimum atomic E-state index is 0.559. The molecule has 0 fully saturated rings. The highest BCUT2D eigenvalue weighted by Gasteiger charge is 2.08. The molecule has 106 valence electrons. The van der Waals surface area contributed by atoms with E-state index in [9.17, 15) is 0 Å². The Morgan fingerprint density at radius 3 is 2.55 bits per heavy atom. The Bertz CT molecular complexity index is 604.